The monoisotopic (exact) mass is 384 g/mol. The van der Waals surface area contributed by atoms with Crippen LogP contribution in [0.5, 0.6) is 0 Å². The second kappa shape index (κ2) is 7.11. The fourth-order valence-corrected chi connectivity index (χ4v) is 4.38. The Balaban J connectivity index is 1.62. The zero-order valence-corrected chi connectivity index (χ0v) is 16.0. The van der Waals surface area contributed by atoms with Crippen molar-refractivity contribution >= 4 is 34.2 Å². The second-order valence-corrected chi connectivity index (χ2v) is 7.46. The van der Waals surface area contributed by atoms with Crippen LogP contribution in [0.4, 0.5) is 0 Å². The highest BCUT2D eigenvalue weighted by Crippen LogP contribution is 2.31. The molecule has 4 rings (SSSR count). The van der Waals surface area contributed by atoms with Gasteiger partial charge in [-0.05, 0) is 31.4 Å². The molecule has 0 radical (unpaired) electrons. The van der Waals surface area contributed by atoms with Crippen molar-refractivity contribution in [1.29, 1.82) is 0 Å². The van der Waals surface area contributed by atoms with E-state index in [0.717, 1.165) is 28.0 Å². The molecule has 1 N–H and O–H groups in total. The molecule has 1 unspecified atom stereocenters. The number of H-pyrrole nitrogens is 1. The molecule has 0 spiro atoms. The number of nitrogens with one attached hydrogen (secondary N) is 1. The molecule has 0 aromatic carbocycles. The van der Waals surface area contributed by atoms with Gasteiger partial charge in [0.2, 0.25) is 0 Å². The standard InChI is InChI=1S/C19H20N4O3S/c1-3-26-19(25)15-11(2)6-9-23(15)18(24)14-10-27-17(22-14)13-5-8-21-16-12(13)4-7-20-16/h4-5,7-8,10-11,15H,3,6,9H2,1-2H3,(H,20,21)/t11?,15-/m0/s1. The Hall–Kier alpha value is -2.74. The van der Waals surface area contributed by atoms with Gasteiger partial charge in [0.15, 0.2) is 0 Å². The summed E-state index contributed by atoms with van der Waals surface area (Å²) in [6, 6.07) is 3.29. The molecule has 140 valence electrons. The number of thiazole rings is 1. The van der Waals surface area contributed by atoms with Gasteiger partial charge in [0.25, 0.3) is 5.91 Å². The van der Waals surface area contributed by atoms with Crippen molar-refractivity contribution < 1.29 is 14.3 Å². The number of aromatic nitrogens is 3. The Morgan fingerprint density at radius 1 is 1.41 bits per heavy atom. The number of rotatable bonds is 4. The third-order valence-electron chi connectivity index (χ3n) is 4.90. The average Bonchev–Trinajstić information content (AvgIpc) is 3.40. The van der Waals surface area contributed by atoms with Crippen molar-refractivity contribution in [2.24, 2.45) is 5.92 Å². The number of esters is 1. The van der Waals surface area contributed by atoms with Gasteiger partial charge in [-0.15, -0.1) is 11.3 Å². The van der Waals surface area contributed by atoms with Gasteiger partial charge >= 0.3 is 5.97 Å². The molecule has 1 aliphatic heterocycles. The number of carbonyl (C=O) groups excluding carboxylic acids is 2. The number of amides is 1. The van der Waals surface area contributed by atoms with Crippen molar-refractivity contribution in [3.63, 3.8) is 0 Å². The lowest BCUT2D eigenvalue weighted by molar-refractivity contribution is -0.148. The van der Waals surface area contributed by atoms with Crippen LogP contribution in [0.25, 0.3) is 21.6 Å². The van der Waals surface area contributed by atoms with Gasteiger partial charge in [-0.25, -0.2) is 14.8 Å². The first-order chi connectivity index (χ1) is 13.1. The molecule has 1 aliphatic rings. The normalized spacial score (nSPS) is 19.6. The van der Waals surface area contributed by atoms with Gasteiger partial charge in [-0.1, -0.05) is 6.92 Å². The summed E-state index contributed by atoms with van der Waals surface area (Å²) < 4.78 is 5.17. The molecule has 0 bridgehead atoms. The number of ether oxygens (including phenoxy) is 1. The van der Waals surface area contributed by atoms with Gasteiger partial charge in [0.1, 0.15) is 22.4 Å². The number of hydrogen-bond acceptors (Lipinski definition) is 6. The SMILES string of the molecule is CCOC(=O)[C@@H]1C(C)CCN1C(=O)c1csc(-c2ccnc3[nH]ccc23)n1. The van der Waals surface area contributed by atoms with Crippen molar-refractivity contribution in [3.8, 4) is 10.6 Å². The topological polar surface area (TPSA) is 88.2 Å². The summed E-state index contributed by atoms with van der Waals surface area (Å²) in [5.41, 5.74) is 2.08. The zero-order valence-electron chi connectivity index (χ0n) is 15.1. The van der Waals surface area contributed by atoms with E-state index in [4.69, 9.17) is 4.74 Å². The van der Waals surface area contributed by atoms with E-state index in [9.17, 15) is 9.59 Å². The minimum Gasteiger partial charge on any atom is -0.464 e. The molecule has 3 aromatic rings. The van der Waals surface area contributed by atoms with Gasteiger partial charge in [0.05, 0.1) is 6.61 Å². The Morgan fingerprint density at radius 2 is 2.26 bits per heavy atom. The summed E-state index contributed by atoms with van der Waals surface area (Å²) in [5.74, 6) is -0.487. The molecule has 27 heavy (non-hydrogen) atoms. The van der Waals surface area contributed by atoms with Crippen LogP contribution in [-0.2, 0) is 9.53 Å². The molecule has 2 atom stereocenters. The number of fused-ring (bicyclic) bond motifs is 1. The zero-order chi connectivity index (χ0) is 19.0. The van der Waals surface area contributed by atoms with E-state index in [1.54, 1.807) is 23.4 Å². The molecule has 1 amide bonds. The van der Waals surface area contributed by atoms with Crippen LogP contribution in [0.1, 0.15) is 30.8 Å². The summed E-state index contributed by atoms with van der Waals surface area (Å²) in [4.78, 5) is 38.8. The Bertz CT molecular complexity index is 996. The molecule has 0 aliphatic carbocycles. The fraction of sp³-hybridized carbons (Fsp3) is 0.368. The predicted octanol–water partition coefficient (Wildman–Crippen LogP) is 3.10. The number of aromatic amines is 1. The molecule has 1 fully saturated rings. The van der Waals surface area contributed by atoms with E-state index in [1.165, 1.54) is 11.3 Å². The van der Waals surface area contributed by atoms with Crippen LogP contribution in [0.15, 0.2) is 29.9 Å². The maximum absolute atomic E-state index is 13.0. The van der Waals surface area contributed by atoms with Crippen molar-refractivity contribution in [2.45, 2.75) is 26.3 Å². The van der Waals surface area contributed by atoms with Crippen LogP contribution < -0.4 is 0 Å². The van der Waals surface area contributed by atoms with Gasteiger partial charge < -0.3 is 14.6 Å². The molecular formula is C19H20N4O3S. The van der Waals surface area contributed by atoms with E-state index in [0.29, 0.717) is 18.8 Å². The average molecular weight is 384 g/mol. The van der Waals surface area contributed by atoms with Crippen LogP contribution in [-0.4, -0.2) is 50.9 Å². The lowest BCUT2D eigenvalue weighted by Crippen LogP contribution is -2.43. The summed E-state index contributed by atoms with van der Waals surface area (Å²) in [6.45, 7) is 4.58. The van der Waals surface area contributed by atoms with E-state index in [1.807, 2.05) is 25.3 Å². The largest absolute Gasteiger partial charge is 0.464 e. The van der Waals surface area contributed by atoms with Crippen molar-refractivity contribution in [3.05, 3.63) is 35.6 Å². The summed E-state index contributed by atoms with van der Waals surface area (Å²) in [7, 11) is 0. The lowest BCUT2D eigenvalue weighted by Gasteiger charge is -2.24. The molecule has 7 nitrogen and oxygen atoms in total. The Labute approximate surface area is 160 Å². The van der Waals surface area contributed by atoms with Crippen LogP contribution in [0.3, 0.4) is 0 Å². The quantitative estimate of drug-likeness (QED) is 0.698. The maximum atomic E-state index is 13.0. The van der Waals surface area contributed by atoms with Crippen LogP contribution in [0, 0.1) is 5.92 Å². The molecule has 3 aromatic heterocycles. The number of nitrogens with zero attached hydrogens (tertiary/aromatic N) is 3. The molecule has 1 saturated heterocycles. The van der Waals surface area contributed by atoms with Gasteiger partial charge in [-0.3, -0.25) is 4.79 Å². The third kappa shape index (κ3) is 3.10. The Morgan fingerprint density at radius 3 is 3.07 bits per heavy atom. The highest BCUT2D eigenvalue weighted by atomic mass is 32.1. The minimum atomic E-state index is -0.542. The van der Waals surface area contributed by atoms with E-state index >= 15 is 0 Å². The predicted molar refractivity (Wildman–Crippen MR) is 102 cm³/mol. The van der Waals surface area contributed by atoms with Gasteiger partial charge in [0, 0.05) is 35.3 Å². The number of carbonyl (C=O) groups is 2. The second-order valence-electron chi connectivity index (χ2n) is 6.60. The fourth-order valence-electron chi connectivity index (χ4n) is 3.55. The minimum absolute atomic E-state index is 0.0748. The number of hydrogen-bond donors (Lipinski definition) is 1. The van der Waals surface area contributed by atoms with Crippen LogP contribution in [0.2, 0.25) is 0 Å². The summed E-state index contributed by atoms with van der Waals surface area (Å²) >= 11 is 1.41. The first-order valence-corrected chi connectivity index (χ1v) is 9.83. The van der Waals surface area contributed by atoms with Crippen molar-refractivity contribution in [1.82, 2.24) is 19.9 Å². The molecule has 0 saturated carbocycles. The number of likely N-dealkylation sites (tertiary alicyclic amines) is 1. The van der Waals surface area contributed by atoms with E-state index < -0.39 is 6.04 Å². The summed E-state index contributed by atoms with van der Waals surface area (Å²) in [5, 5.41) is 3.47. The summed E-state index contributed by atoms with van der Waals surface area (Å²) in [6.07, 6.45) is 4.33. The first-order valence-electron chi connectivity index (χ1n) is 8.95. The molecule has 8 heteroatoms. The maximum Gasteiger partial charge on any atom is 0.329 e. The van der Waals surface area contributed by atoms with E-state index in [2.05, 4.69) is 15.0 Å². The third-order valence-corrected chi connectivity index (χ3v) is 5.78. The smallest absolute Gasteiger partial charge is 0.329 e. The Kier molecular flexibility index (Phi) is 4.65. The van der Waals surface area contributed by atoms with Crippen LogP contribution >= 0.6 is 11.3 Å². The lowest BCUT2D eigenvalue weighted by atomic mass is 10.0. The van der Waals surface area contributed by atoms with E-state index in [-0.39, 0.29) is 17.8 Å². The van der Waals surface area contributed by atoms with Gasteiger partial charge in [-0.2, -0.15) is 0 Å². The first kappa shape index (κ1) is 17.7. The molecule has 4 heterocycles. The molecular weight excluding hydrogens is 364 g/mol. The van der Waals surface area contributed by atoms with Crippen molar-refractivity contribution in [2.75, 3.05) is 13.2 Å². The number of pyridine rings is 1. The highest BCUT2D eigenvalue weighted by molar-refractivity contribution is 7.13. The highest BCUT2D eigenvalue weighted by Gasteiger charge is 2.41.